The first-order valence-corrected chi connectivity index (χ1v) is 6.97. The maximum Gasteiger partial charge on any atom is 0.102 e. The SMILES string of the molecule is N#CC(Cc1cccc(Br)c1)N1CCCCC1. The number of benzene rings is 1. The highest BCUT2D eigenvalue weighted by Crippen LogP contribution is 2.17. The minimum Gasteiger partial charge on any atom is -0.288 e. The summed E-state index contributed by atoms with van der Waals surface area (Å²) >= 11 is 3.47. The zero-order valence-corrected chi connectivity index (χ0v) is 11.5. The predicted molar refractivity (Wildman–Crippen MR) is 72.7 cm³/mol. The lowest BCUT2D eigenvalue weighted by Gasteiger charge is -2.30. The Kier molecular flexibility index (Phi) is 4.58. The number of nitrogens with zero attached hydrogens (tertiary/aromatic N) is 2. The third kappa shape index (κ3) is 3.55. The fourth-order valence-electron chi connectivity index (χ4n) is 2.37. The van der Waals surface area contributed by atoms with E-state index in [-0.39, 0.29) is 6.04 Å². The monoisotopic (exact) mass is 292 g/mol. The van der Waals surface area contributed by atoms with E-state index in [9.17, 15) is 5.26 Å². The second kappa shape index (κ2) is 6.18. The second-order valence-electron chi connectivity index (χ2n) is 4.58. The predicted octanol–water partition coefficient (Wildman–Crippen LogP) is 3.37. The molecule has 0 bridgehead atoms. The molecular weight excluding hydrogens is 276 g/mol. The van der Waals surface area contributed by atoms with Crippen LogP contribution in [0.5, 0.6) is 0 Å². The van der Waals surface area contributed by atoms with Crippen molar-refractivity contribution in [1.82, 2.24) is 4.90 Å². The van der Waals surface area contributed by atoms with Crippen molar-refractivity contribution in [3.63, 3.8) is 0 Å². The van der Waals surface area contributed by atoms with Crippen LogP contribution in [0.4, 0.5) is 0 Å². The average molecular weight is 293 g/mol. The minimum atomic E-state index is 0.0320. The van der Waals surface area contributed by atoms with Crippen LogP contribution >= 0.6 is 15.9 Å². The normalized spacial score (nSPS) is 18.6. The van der Waals surface area contributed by atoms with Gasteiger partial charge in [0.05, 0.1) is 6.07 Å². The molecule has 1 aromatic carbocycles. The molecule has 1 fully saturated rings. The van der Waals surface area contributed by atoms with Gasteiger partial charge in [0.15, 0.2) is 0 Å². The molecule has 0 amide bonds. The molecule has 2 nitrogen and oxygen atoms in total. The molecular formula is C14H17BrN2. The maximum absolute atomic E-state index is 9.31. The molecule has 3 heteroatoms. The fraction of sp³-hybridized carbons (Fsp3) is 0.500. The lowest BCUT2D eigenvalue weighted by molar-refractivity contribution is 0.194. The van der Waals surface area contributed by atoms with Crippen LogP contribution in [0.2, 0.25) is 0 Å². The topological polar surface area (TPSA) is 27.0 Å². The van der Waals surface area contributed by atoms with Gasteiger partial charge in [-0.25, -0.2) is 0 Å². The van der Waals surface area contributed by atoms with Crippen molar-refractivity contribution in [2.45, 2.75) is 31.7 Å². The first-order valence-electron chi connectivity index (χ1n) is 6.18. The Balaban J connectivity index is 2.02. The van der Waals surface area contributed by atoms with Crippen LogP contribution in [0.3, 0.4) is 0 Å². The Labute approximate surface area is 111 Å². The fourth-order valence-corrected chi connectivity index (χ4v) is 2.82. The van der Waals surface area contributed by atoms with Crippen molar-refractivity contribution < 1.29 is 0 Å². The van der Waals surface area contributed by atoms with E-state index < -0.39 is 0 Å². The Morgan fingerprint density at radius 3 is 2.71 bits per heavy atom. The van der Waals surface area contributed by atoms with Crippen molar-refractivity contribution in [2.24, 2.45) is 0 Å². The number of likely N-dealkylation sites (tertiary alicyclic amines) is 1. The zero-order chi connectivity index (χ0) is 12.1. The van der Waals surface area contributed by atoms with Crippen LogP contribution in [0.15, 0.2) is 28.7 Å². The van der Waals surface area contributed by atoms with E-state index in [1.165, 1.54) is 24.8 Å². The first kappa shape index (κ1) is 12.6. The Hall–Kier alpha value is -0.850. The largest absolute Gasteiger partial charge is 0.288 e. The standard InChI is InChI=1S/C14H17BrN2/c15-13-6-4-5-12(9-13)10-14(11-16)17-7-2-1-3-8-17/h4-6,9,14H,1-3,7-8,10H2. The first-order chi connectivity index (χ1) is 8.29. The molecule has 1 aliphatic heterocycles. The smallest absolute Gasteiger partial charge is 0.102 e. The third-order valence-corrected chi connectivity index (χ3v) is 3.79. The number of piperidine rings is 1. The summed E-state index contributed by atoms with van der Waals surface area (Å²) in [5.74, 6) is 0. The van der Waals surface area contributed by atoms with Gasteiger partial charge in [-0.05, 0) is 43.6 Å². The van der Waals surface area contributed by atoms with Gasteiger partial charge < -0.3 is 0 Å². The molecule has 90 valence electrons. The van der Waals surface area contributed by atoms with E-state index >= 15 is 0 Å². The van der Waals surface area contributed by atoms with Crippen molar-refractivity contribution in [2.75, 3.05) is 13.1 Å². The van der Waals surface area contributed by atoms with E-state index in [1.807, 2.05) is 12.1 Å². The van der Waals surface area contributed by atoms with Gasteiger partial charge in [-0.3, -0.25) is 4.90 Å². The molecule has 0 spiro atoms. The van der Waals surface area contributed by atoms with Crippen molar-refractivity contribution >= 4 is 15.9 Å². The number of hydrogen-bond donors (Lipinski definition) is 0. The van der Waals surface area contributed by atoms with Gasteiger partial charge in [0.2, 0.25) is 0 Å². The third-order valence-electron chi connectivity index (χ3n) is 3.30. The summed E-state index contributed by atoms with van der Waals surface area (Å²) in [5, 5.41) is 9.31. The molecule has 0 aliphatic carbocycles. The molecule has 0 saturated carbocycles. The van der Waals surface area contributed by atoms with Gasteiger partial charge in [-0.1, -0.05) is 34.5 Å². The van der Waals surface area contributed by atoms with Crippen LogP contribution in [0.1, 0.15) is 24.8 Å². The molecule has 1 atom stereocenters. The molecule has 1 aliphatic rings. The summed E-state index contributed by atoms with van der Waals surface area (Å²) in [7, 11) is 0. The Morgan fingerprint density at radius 2 is 2.06 bits per heavy atom. The number of halogens is 1. The quantitative estimate of drug-likeness (QED) is 0.854. The van der Waals surface area contributed by atoms with Crippen LogP contribution in [0.25, 0.3) is 0 Å². The van der Waals surface area contributed by atoms with Gasteiger partial charge >= 0.3 is 0 Å². The zero-order valence-electron chi connectivity index (χ0n) is 9.90. The van der Waals surface area contributed by atoms with Gasteiger partial charge in [0.25, 0.3) is 0 Å². The number of hydrogen-bond acceptors (Lipinski definition) is 2. The summed E-state index contributed by atoms with van der Waals surface area (Å²) in [5.41, 5.74) is 1.23. The second-order valence-corrected chi connectivity index (χ2v) is 5.49. The van der Waals surface area contributed by atoms with E-state index in [4.69, 9.17) is 0 Å². The summed E-state index contributed by atoms with van der Waals surface area (Å²) < 4.78 is 1.09. The van der Waals surface area contributed by atoms with Crippen LogP contribution < -0.4 is 0 Å². The summed E-state index contributed by atoms with van der Waals surface area (Å²) in [4.78, 5) is 2.32. The van der Waals surface area contributed by atoms with E-state index in [0.717, 1.165) is 24.0 Å². The number of rotatable bonds is 3. The Morgan fingerprint density at radius 1 is 1.29 bits per heavy atom. The highest BCUT2D eigenvalue weighted by Gasteiger charge is 2.20. The molecule has 1 aromatic rings. The van der Waals surface area contributed by atoms with Crippen molar-refractivity contribution in [1.29, 1.82) is 5.26 Å². The van der Waals surface area contributed by atoms with Gasteiger partial charge in [0.1, 0.15) is 6.04 Å². The lowest BCUT2D eigenvalue weighted by atomic mass is 10.0. The van der Waals surface area contributed by atoms with Crippen LogP contribution in [-0.4, -0.2) is 24.0 Å². The molecule has 0 N–H and O–H groups in total. The van der Waals surface area contributed by atoms with Gasteiger partial charge in [-0.2, -0.15) is 5.26 Å². The summed E-state index contributed by atoms with van der Waals surface area (Å²) in [6, 6.07) is 10.7. The molecule has 1 unspecified atom stereocenters. The summed E-state index contributed by atoms with van der Waals surface area (Å²) in [6.07, 6.45) is 4.61. The molecule has 1 heterocycles. The van der Waals surface area contributed by atoms with Crippen molar-refractivity contribution in [3.8, 4) is 6.07 Å². The lowest BCUT2D eigenvalue weighted by Crippen LogP contribution is -2.39. The molecule has 1 saturated heterocycles. The van der Waals surface area contributed by atoms with Crippen LogP contribution in [0, 0.1) is 11.3 Å². The molecule has 17 heavy (non-hydrogen) atoms. The van der Waals surface area contributed by atoms with Gasteiger partial charge in [-0.15, -0.1) is 0 Å². The van der Waals surface area contributed by atoms with Crippen molar-refractivity contribution in [3.05, 3.63) is 34.3 Å². The van der Waals surface area contributed by atoms with Gasteiger partial charge in [0, 0.05) is 10.9 Å². The highest BCUT2D eigenvalue weighted by atomic mass is 79.9. The van der Waals surface area contributed by atoms with E-state index in [0.29, 0.717) is 0 Å². The van der Waals surface area contributed by atoms with E-state index in [1.54, 1.807) is 0 Å². The highest BCUT2D eigenvalue weighted by molar-refractivity contribution is 9.10. The van der Waals surface area contributed by atoms with E-state index in [2.05, 4.69) is 39.0 Å². The van der Waals surface area contributed by atoms with Crippen LogP contribution in [-0.2, 0) is 6.42 Å². The molecule has 2 rings (SSSR count). The summed E-state index contributed by atoms with van der Waals surface area (Å²) in [6.45, 7) is 2.15. The minimum absolute atomic E-state index is 0.0320. The Bertz CT molecular complexity index is 405. The average Bonchev–Trinajstić information content (AvgIpc) is 2.37. The molecule has 0 aromatic heterocycles. The number of nitriles is 1. The maximum atomic E-state index is 9.31. The molecule has 0 radical (unpaired) electrons.